The maximum Gasteiger partial charge on any atom is 0.0488 e. The van der Waals surface area contributed by atoms with Crippen molar-refractivity contribution in [1.29, 1.82) is 0 Å². The molecular weight excluding hydrogens is 344 g/mol. The van der Waals surface area contributed by atoms with E-state index in [2.05, 4.69) is 37.2 Å². The van der Waals surface area contributed by atoms with Crippen LogP contribution in [-0.4, -0.2) is 0 Å². The van der Waals surface area contributed by atoms with Crippen LogP contribution in [0.4, 0.5) is 11.4 Å². The Bertz CT molecular complexity index is 527. The highest BCUT2D eigenvalue weighted by atomic mass is 79.9. The zero-order chi connectivity index (χ0) is 12.3. The van der Waals surface area contributed by atoms with Gasteiger partial charge in [0.1, 0.15) is 0 Å². The van der Waals surface area contributed by atoms with Gasteiger partial charge in [0.05, 0.1) is 0 Å². The molecule has 0 unspecified atom stereocenters. The van der Waals surface area contributed by atoms with Crippen molar-refractivity contribution in [2.24, 2.45) is 0 Å². The SMILES string of the molecule is Nc1ccccc1CNc1ccc(Br)cc1Br. The second kappa shape index (κ2) is 5.56. The molecule has 0 aromatic heterocycles. The number of hydrogen-bond acceptors (Lipinski definition) is 2. The molecule has 2 aromatic rings. The Morgan fingerprint density at radius 2 is 1.82 bits per heavy atom. The van der Waals surface area contributed by atoms with Crippen molar-refractivity contribution in [3.8, 4) is 0 Å². The van der Waals surface area contributed by atoms with Gasteiger partial charge in [0.15, 0.2) is 0 Å². The Kier molecular flexibility index (Phi) is 4.07. The number of rotatable bonds is 3. The maximum absolute atomic E-state index is 5.89. The van der Waals surface area contributed by atoms with Gasteiger partial charge in [0.2, 0.25) is 0 Å². The van der Waals surface area contributed by atoms with Crippen molar-refractivity contribution >= 4 is 43.2 Å². The smallest absolute Gasteiger partial charge is 0.0488 e. The Balaban J connectivity index is 2.10. The first-order chi connectivity index (χ1) is 8.16. The van der Waals surface area contributed by atoms with Crippen LogP contribution in [0.3, 0.4) is 0 Å². The highest BCUT2D eigenvalue weighted by molar-refractivity contribution is 9.11. The topological polar surface area (TPSA) is 38.0 Å². The Labute approximate surface area is 117 Å². The summed E-state index contributed by atoms with van der Waals surface area (Å²) in [5, 5.41) is 3.35. The first kappa shape index (κ1) is 12.5. The van der Waals surface area contributed by atoms with Crippen LogP contribution in [-0.2, 0) is 6.54 Å². The lowest BCUT2D eigenvalue weighted by Crippen LogP contribution is -2.03. The van der Waals surface area contributed by atoms with E-state index in [1.54, 1.807) is 0 Å². The summed E-state index contributed by atoms with van der Waals surface area (Å²) in [6, 6.07) is 13.9. The summed E-state index contributed by atoms with van der Waals surface area (Å²) in [5.74, 6) is 0. The third-order valence-electron chi connectivity index (χ3n) is 2.46. The van der Waals surface area contributed by atoms with E-state index in [0.29, 0.717) is 6.54 Å². The van der Waals surface area contributed by atoms with E-state index in [1.165, 1.54) is 0 Å². The molecule has 88 valence electrons. The van der Waals surface area contributed by atoms with Gasteiger partial charge in [-0.2, -0.15) is 0 Å². The van der Waals surface area contributed by atoms with Gasteiger partial charge in [-0.05, 0) is 45.8 Å². The van der Waals surface area contributed by atoms with Crippen molar-refractivity contribution in [2.75, 3.05) is 11.1 Å². The summed E-state index contributed by atoms with van der Waals surface area (Å²) in [5.41, 5.74) is 8.85. The van der Waals surface area contributed by atoms with Crippen LogP contribution in [0.5, 0.6) is 0 Å². The average Bonchev–Trinajstić information content (AvgIpc) is 2.30. The van der Waals surface area contributed by atoms with E-state index in [1.807, 2.05) is 42.5 Å². The molecule has 3 N–H and O–H groups in total. The van der Waals surface area contributed by atoms with Crippen LogP contribution in [0.15, 0.2) is 51.4 Å². The first-order valence-electron chi connectivity index (χ1n) is 5.19. The number of anilines is 2. The summed E-state index contributed by atoms with van der Waals surface area (Å²) >= 11 is 6.94. The molecule has 4 heteroatoms. The van der Waals surface area contributed by atoms with Crippen LogP contribution in [0.25, 0.3) is 0 Å². The molecule has 0 aliphatic carbocycles. The summed E-state index contributed by atoms with van der Waals surface area (Å²) in [6.07, 6.45) is 0. The molecule has 0 saturated carbocycles. The monoisotopic (exact) mass is 354 g/mol. The average molecular weight is 356 g/mol. The molecule has 0 aliphatic rings. The number of nitrogens with one attached hydrogen (secondary N) is 1. The maximum atomic E-state index is 5.89. The lowest BCUT2D eigenvalue weighted by molar-refractivity contribution is 1.15. The van der Waals surface area contributed by atoms with Gasteiger partial charge in [-0.1, -0.05) is 34.1 Å². The fraction of sp³-hybridized carbons (Fsp3) is 0.0769. The van der Waals surface area contributed by atoms with E-state index in [-0.39, 0.29) is 0 Å². The van der Waals surface area contributed by atoms with Gasteiger partial charge in [0.25, 0.3) is 0 Å². The van der Waals surface area contributed by atoms with Gasteiger partial charge in [-0.3, -0.25) is 0 Å². The van der Waals surface area contributed by atoms with Crippen molar-refractivity contribution in [1.82, 2.24) is 0 Å². The predicted molar refractivity (Wildman–Crippen MR) is 80.0 cm³/mol. The summed E-state index contributed by atoms with van der Waals surface area (Å²) < 4.78 is 2.08. The van der Waals surface area contributed by atoms with Gasteiger partial charge in [0, 0.05) is 26.9 Å². The molecule has 0 atom stereocenters. The number of hydrogen-bond donors (Lipinski definition) is 2. The summed E-state index contributed by atoms with van der Waals surface area (Å²) in [6.45, 7) is 0.715. The molecular formula is C13H12Br2N2. The second-order valence-electron chi connectivity index (χ2n) is 3.68. The van der Waals surface area contributed by atoms with Crippen LogP contribution < -0.4 is 11.1 Å². The lowest BCUT2D eigenvalue weighted by Gasteiger charge is -2.10. The quantitative estimate of drug-likeness (QED) is 0.800. The van der Waals surface area contributed by atoms with E-state index < -0.39 is 0 Å². The number of halogens is 2. The normalized spacial score (nSPS) is 10.2. The van der Waals surface area contributed by atoms with Gasteiger partial charge >= 0.3 is 0 Å². The molecule has 2 aromatic carbocycles. The third-order valence-corrected chi connectivity index (χ3v) is 3.60. The number of para-hydroxylation sites is 1. The Hall–Kier alpha value is -1.000. The second-order valence-corrected chi connectivity index (χ2v) is 5.45. The molecule has 17 heavy (non-hydrogen) atoms. The molecule has 0 saturated heterocycles. The molecule has 0 spiro atoms. The van der Waals surface area contributed by atoms with E-state index in [9.17, 15) is 0 Å². The minimum Gasteiger partial charge on any atom is -0.398 e. The highest BCUT2D eigenvalue weighted by Gasteiger charge is 2.01. The zero-order valence-electron chi connectivity index (χ0n) is 9.08. The van der Waals surface area contributed by atoms with Gasteiger partial charge < -0.3 is 11.1 Å². The molecule has 2 nitrogen and oxygen atoms in total. The largest absolute Gasteiger partial charge is 0.398 e. The minimum absolute atomic E-state index is 0.715. The number of nitrogen functional groups attached to an aromatic ring is 1. The van der Waals surface area contributed by atoms with Crippen molar-refractivity contribution in [3.63, 3.8) is 0 Å². The summed E-state index contributed by atoms with van der Waals surface area (Å²) in [7, 11) is 0. The zero-order valence-corrected chi connectivity index (χ0v) is 12.3. The molecule has 0 amide bonds. The van der Waals surface area contributed by atoms with Crippen molar-refractivity contribution in [2.45, 2.75) is 6.54 Å². The van der Waals surface area contributed by atoms with Crippen LogP contribution >= 0.6 is 31.9 Å². The molecule has 0 fully saturated rings. The molecule has 0 heterocycles. The fourth-order valence-corrected chi connectivity index (χ4v) is 2.71. The molecule has 0 radical (unpaired) electrons. The fourth-order valence-electron chi connectivity index (χ4n) is 1.52. The van der Waals surface area contributed by atoms with Crippen LogP contribution in [0, 0.1) is 0 Å². The van der Waals surface area contributed by atoms with E-state index in [0.717, 1.165) is 25.9 Å². The summed E-state index contributed by atoms with van der Waals surface area (Å²) in [4.78, 5) is 0. The highest BCUT2D eigenvalue weighted by Crippen LogP contribution is 2.26. The molecule has 2 rings (SSSR count). The van der Waals surface area contributed by atoms with Crippen molar-refractivity contribution in [3.05, 3.63) is 57.0 Å². The first-order valence-corrected chi connectivity index (χ1v) is 6.78. The van der Waals surface area contributed by atoms with Crippen LogP contribution in [0.2, 0.25) is 0 Å². The Morgan fingerprint density at radius 1 is 1.06 bits per heavy atom. The number of nitrogens with two attached hydrogens (primary N) is 1. The van der Waals surface area contributed by atoms with E-state index in [4.69, 9.17) is 5.73 Å². The van der Waals surface area contributed by atoms with Gasteiger partial charge in [-0.15, -0.1) is 0 Å². The minimum atomic E-state index is 0.715. The predicted octanol–water partition coefficient (Wildman–Crippen LogP) is 4.41. The lowest BCUT2D eigenvalue weighted by atomic mass is 10.2. The van der Waals surface area contributed by atoms with Crippen molar-refractivity contribution < 1.29 is 0 Å². The Morgan fingerprint density at radius 3 is 2.53 bits per heavy atom. The molecule has 0 bridgehead atoms. The van der Waals surface area contributed by atoms with Gasteiger partial charge in [-0.25, -0.2) is 0 Å². The standard InChI is InChI=1S/C13H12Br2N2/c14-10-5-6-13(11(15)7-10)17-8-9-3-1-2-4-12(9)16/h1-7,17H,8,16H2. The third kappa shape index (κ3) is 3.23. The molecule has 0 aliphatic heterocycles. The van der Waals surface area contributed by atoms with E-state index >= 15 is 0 Å². The van der Waals surface area contributed by atoms with Crippen LogP contribution in [0.1, 0.15) is 5.56 Å². The number of benzene rings is 2.